The minimum absolute atomic E-state index is 0.135. The third-order valence-corrected chi connectivity index (χ3v) is 2.87. The summed E-state index contributed by atoms with van der Waals surface area (Å²) in [5.41, 5.74) is 1.11. The van der Waals surface area contributed by atoms with Gasteiger partial charge in [-0.1, -0.05) is 26.0 Å². The number of fused-ring (bicyclic) bond motifs is 1. The number of amides is 1. The van der Waals surface area contributed by atoms with Gasteiger partial charge in [-0.3, -0.25) is 4.79 Å². The molecule has 110 valence electrons. The Morgan fingerprint density at radius 3 is 2.48 bits per heavy atom. The van der Waals surface area contributed by atoms with Gasteiger partial charge in [0.15, 0.2) is 0 Å². The smallest absolute Gasteiger partial charge is 0.326 e. The number of para-hydroxylation sites is 1. The fraction of sp³-hybridized carbons (Fsp3) is 0.357. The van der Waals surface area contributed by atoms with Gasteiger partial charge >= 0.3 is 5.97 Å². The van der Waals surface area contributed by atoms with Crippen molar-refractivity contribution in [1.29, 1.82) is 0 Å². The molecule has 0 unspecified atom stereocenters. The number of carboxylic acid groups (broad SMARTS) is 1. The predicted molar refractivity (Wildman–Crippen MR) is 75.7 cm³/mol. The van der Waals surface area contributed by atoms with Gasteiger partial charge in [0.25, 0.3) is 5.91 Å². The van der Waals surface area contributed by atoms with E-state index in [1.807, 2.05) is 13.8 Å². The molecule has 7 heteroatoms. The fourth-order valence-electron chi connectivity index (χ4n) is 1.89. The van der Waals surface area contributed by atoms with Gasteiger partial charge in [0.2, 0.25) is 5.82 Å². The van der Waals surface area contributed by atoms with E-state index in [1.165, 1.54) is 0 Å². The van der Waals surface area contributed by atoms with Crippen molar-refractivity contribution in [3.8, 4) is 0 Å². The van der Waals surface area contributed by atoms with Crippen molar-refractivity contribution in [1.82, 2.24) is 20.5 Å². The SMILES string of the molecule is CC(C)C[C@H](NC(=O)c1nnc2ccccc2n1)C(=O)O. The zero-order valence-electron chi connectivity index (χ0n) is 11.8. The van der Waals surface area contributed by atoms with Crippen molar-refractivity contribution in [2.45, 2.75) is 26.3 Å². The van der Waals surface area contributed by atoms with E-state index in [0.29, 0.717) is 17.5 Å². The lowest BCUT2D eigenvalue weighted by Gasteiger charge is -2.15. The minimum atomic E-state index is -1.08. The molecule has 0 radical (unpaired) electrons. The summed E-state index contributed by atoms with van der Waals surface area (Å²) in [7, 11) is 0. The van der Waals surface area contributed by atoms with Crippen molar-refractivity contribution >= 4 is 22.9 Å². The van der Waals surface area contributed by atoms with Gasteiger partial charge in [0, 0.05) is 0 Å². The average molecular weight is 288 g/mol. The molecule has 0 spiro atoms. The number of rotatable bonds is 5. The van der Waals surface area contributed by atoms with Crippen molar-refractivity contribution in [3.05, 3.63) is 30.1 Å². The van der Waals surface area contributed by atoms with Gasteiger partial charge in [-0.2, -0.15) is 0 Å². The van der Waals surface area contributed by atoms with Gasteiger partial charge in [-0.15, -0.1) is 10.2 Å². The molecule has 0 aliphatic rings. The first kappa shape index (κ1) is 14.8. The Morgan fingerprint density at radius 2 is 1.86 bits per heavy atom. The van der Waals surface area contributed by atoms with Crippen LogP contribution in [-0.2, 0) is 4.79 Å². The number of benzene rings is 1. The molecule has 0 saturated heterocycles. The van der Waals surface area contributed by atoms with E-state index in [1.54, 1.807) is 24.3 Å². The molecule has 0 saturated carbocycles. The Balaban J connectivity index is 2.19. The van der Waals surface area contributed by atoms with Gasteiger partial charge in [0.1, 0.15) is 11.6 Å². The molecule has 21 heavy (non-hydrogen) atoms. The molecule has 0 fully saturated rings. The first-order chi connectivity index (χ1) is 9.97. The zero-order valence-corrected chi connectivity index (χ0v) is 11.8. The maximum atomic E-state index is 12.0. The molecule has 2 aromatic rings. The summed E-state index contributed by atoms with van der Waals surface area (Å²) in [4.78, 5) is 27.3. The summed E-state index contributed by atoms with van der Waals surface area (Å²) in [5.74, 6) is -1.71. The summed E-state index contributed by atoms with van der Waals surface area (Å²) >= 11 is 0. The number of aliphatic carboxylic acids is 1. The largest absolute Gasteiger partial charge is 0.480 e. The van der Waals surface area contributed by atoms with Crippen molar-refractivity contribution in [2.75, 3.05) is 0 Å². The van der Waals surface area contributed by atoms with Crippen LogP contribution in [0.5, 0.6) is 0 Å². The van der Waals surface area contributed by atoms with E-state index in [4.69, 9.17) is 5.11 Å². The molecule has 1 amide bonds. The molecule has 7 nitrogen and oxygen atoms in total. The molecule has 0 bridgehead atoms. The molecule has 1 aromatic heterocycles. The second-order valence-electron chi connectivity index (χ2n) is 5.12. The summed E-state index contributed by atoms with van der Waals surface area (Å²) in [5, 5.41) is 19.2. The van der Waals surface area contributed by atoms with E-state index >= 15 is 0 Å². The van der Waals surface area contributed by atoms with Crippen LogP contribution >= 0.6 is 0 Å². The van der Waals surface area contributed by atoms with Crippen LogP contribution in [-0.4, -0.2) is 38.2 Å². The second-order valence-corrected chi connectivity index (χ2v) is 5.12. The average Bonchev–Trinajstić information content (AvgIpc) is 2.45. The highest BCUT2D eigenvalue weighted by atomic mass is 16.4. The summed E-state index contributed by atoms with van der Waals surface area (Å²) < 4.78 is 0. The van der Waals surface area contributed by atoms with Crippen LogP contribution in [0.3, 0.4) is 0 Å². The standard InChI is InChI=1S/C14H16N4O3/c1-8(2)7-11(14(20)21)16-13(19)12-15-9-5-3-4-6-10(9)17-18-12/h3-6,8,11H,7H2,1-2H3,(H,16,19)(H,20,21)/t11-/m0/s1. The number of hydrogen-bond donors (Lipinski definition) is 2. The second kappa shape index (κ2) is 6.25. The lowest BCUT2D eigenvalue weighted by atomic mass is 10.0. The van der Waals surface area contributed by atoms with E-state index in [-0.39, 0.29) is 11.7 Å². The Bertz CT molecular complexity index is 672. The molecular weight excluding hydrogens is 272 g/mol. The highest BCUT2D eigenvalue weighted by Crippen LogP contribution is 2.08. The Labute approximate surface area is 121 Å². The van der Waals surface area contributed by atoms with Crippen LogP contribution < -0.4 is 5.32 Å². The van der Waals surface area contributed by atoms with E-state index in [2.05, 4.69) is 20.5 Å². The zero-order chi connectivity index (χ0) is 15.4. The molecule has 0 aliphatic carbocycles. The fourth-order valence-corrected chi connectivity index (χ4v) is 1.89. The molecular formula is C14H16N4O3. The third-order valence-electron chi connectivity index (χ3n) is 2.87. The lowest BCUT2D eigenvalue weighted by molar-refractivity contribution is -0.139. The first-order valence-electron chi connectivity index (χ1n) is 6.60. The summed E-state index contributed by atoms with van der Waals surface area (Å²) in [6, 6.07) is 6.05. The molecule has 2 rings (SSSR count). The van der Waals surface area contributed by atoms with E-state index in [9.17, 15) is 9.59 Å². The molecule has 1 atom stereocenters. The predicted octanol–water partition coefficient (Wildman–Crippen LogP) is 1.25. The Hall–Kier alpha value is -2.57. The number of carboxylic acids is 1. The number of hydrogen-bond acceptors (Lipinski definition) is 5. The molecule has 2 N–H and O–H groups in total. The van der Waals surface area contributed by atoms with Crippen LogP contribution in [0.4, 0.5) is 0 Å². The monoisotopic (exact) mass is 288 g/mol. The van der Waals surface area contributed by atoms with Crippen LogP contribution in [0.2, 0.25) is 0 Å². The van der Waals surface area contributed by atoms with Crippen molar-refractivity contribution < 1.29 is 14.7 Å². The maximum Gasteiger partial charge on any atom is 0.326 e. The molecule has 1 heterocycles. The topological polar surface area (TPSA) is 105 Å². The maximum absolute atomic E-state index is 12.0. The van der Waals surface area contributed by atoms with Gasteiger partial charge in [-0.25, -0.2) is 9.78 Å². The van der Waals surface area contributed by atoms with Gasteiger partial charge in [-0.05, 0) is 24.5 Å². The highest BCUT2D eigenvalue weighted by molar-refractivity contribution is 5.94. The first-order valence-corrected chi connectivity index (χ1v) is 6.60. The Morgan fingerprint density at radius 1 is 1.19 bits per heavy atom. The van der Waals surface area contributed by atoms with Crippen LogP contribution in [0.15, 0.2) is 24.3 Å². The van der Waals surface area contributed by atoms with Gasteiger partial charge < -0.3 is 10.4 Å². The van der Waals surface area contributed by atoms with Crippen LogP contribution in [0.25, 0.3) is 11.0 Å². The molecule has 1 aromatic carbocycles. The normalized spacial score (nSPS) is 12.3. The Kier molecular flexibility index (Phi) is 4.42. The minimum Gasteiger partial charge on any atom is -0.480 e. The van der Waals surface area contributed by atoms with Crippen LogP contribution in [0, 0.1) is 5.92 Å². The number of aromatic nitrogens is 3. The van der Waals surface area contributed by atoms with E-state index < -0.39 is 17.9 Å². The van der Waals surface area contributed by atoms with Crippen molar-refractivity contribution in [2.24, 2.45) is 5.92 Å². The van der Waals surface area contributed by atoms with Crippen LogP contribution in [0.1, 0.15) is 30.9 Å². The number of carbonyl (C=O) groups excluding carboxylic acids is 1. The number of carbonyl (C=O) groups is 2. The van der Waals surface area contributed by atoms with Gasteiger partial charge in [0.05, 0.1) is 5.52 Å². The van der Waals surface area contributed by atoms with Crippen molar-refractivity contribution in [3.63, 3.8) is 0 Å². The third kappa shape index (κ3) is 3.71. The number of nitrogens with zero attached hydrogens (tertiary/aromatic N) is 3. The summed E-state index contributed by atoms with van der Waals surface area (Å²) in [6.45, 7) is 3.77. The summed E-state index contributed by atoms with van der Waals surface area (Å²) in [6.07, 6.45) is 0.335. The number of nitrogens with one attached hydrogen (secondary N) is 1. The highest BCUT2D eigenvalue weighted by Gasteiger charge is 2.23. The lowest BCUT2D eigenvalue weighted by Crippen LogP contribution is -2.42. The quantitative estimate of drug-likeness (QED) is 0.858. The molecule has 0 aliphatic heterocycles. The van der Waals surface area contributed by atoms with E-state index in [0.717, 1.165) is 0 Å².